The second-order valence-corrected chi connectivity index (χ2v) is 39.9. The molecular formula is C111H148FN7O2S. The number of aromatic nitrogens is 7. The first-order valence-corrected chi connectivity index (χ1v) is 46.4. The number of nitrogens with zero attached hydrogens (tertiary/aromatic N) is 3. The van der Waals surface area contributed by atoms with Crippen molar-refractivity contribution in [1.29, 1.82) is 0 Å². The highest BCUT2D eigenvalue weighted by atomic mass is 32.1. The minimum Gasteiger partial charge on any atom is -0.461 e. The van der Waals surface area contributed by atoms with Crippen molar-refractivity contribution in [2.24, 2.45) is 7.05 Å². The molecule has 0 amide bonds. The number of aromatic amines is 4. The Labute approximate surface area is 735 Å². The molecule has 0 saturated heterocycles. The fourth-order valence-electron chi connectivity index (χ4n) is 14.8. The van der Waals surface area contributed by atoms with Gasteiger partial charge in [-0.2, -0.15) is 0 Å². The summed E-state index contributed by atoms with van der Waals surface area (Å²) in [4.78, 5) is 23.8. The van der Waals surface area contributed by atoms with Crippen LogP contribution < -0.4 is 0 Å². The average molecular weight is 1660 g/mol. The number of thiophene rings is 1. The first-order chi connectivity index (χ1) is 57.5. The van der Waals surface area contributed by atoms with E-state index in [1.54, 1.807) is 0 Å². The van der Waals surface area contributed by atoms with Crippen LogP contribution in [0.1, 0.15) is 406 Å². The number of H-pyrrole nitrogens is 4. The summed E-state index contributed by atoms with van der Waals surface area (Å²) < 4.78 is 29.2. The molecule has 0 bridgehead atoms. The van der Waals surface area contributed by atoms with Gasteiger partial charge in [-0.25, -0.2) is 9.37 Å². The van der Waals surface area contributed by atoms with E-state index in [0.717, 1.165) is 50.4 Å². The molecule has 0 aliphatic carbocycles. The molecule has 7 aromatic carbocycles. The second-order valence-electron chi connectivity index (χ2n) is 38.8. The summed E-state index contributed by atoms with van der Waals surface area (Å²) in [6.07, 6.45) is 4.08. The number of oxazole rings is 1. The minimum atomic E-state index is -0.0903. The van der Waals surface area contributed by atoms with E-state index >= 15 is 0 Å². The van der Waals surface area contributed by atoms with E-state index in [-0.39, 0.29) is 11.7 Å². The first-order valence-electron chi connectivity index (χ1n) is 45.6. The molecule has 4 N–H and O–H groups in total. The van der Waals surface area contributed by atoms with Gasteiger partial charge in [0.1, 0.15) is 16.9 Å². The van der Waals surface area contributed by atoms with E-state index in [9.17, 15) is 4.39 Å². The number of fused-ring (bicyclic) bond motifs is 8. The zero-order valence-corrected chi connectivity index (χ0v) is 81.2. The summed E-state index contributed by atoms with van der Waals surface area (Å²) in [7, 11) is 2.16. The van der Waals surface area contributed by atoms with Crippen LogP contribution in [-0.2, 0) is 7.05 Å². The van der Waals surface area contributed by atoms with Crippen molar-refractivity contribution in [2.75, 3.05) is 0 Å². The summed E-state index contributed by atoms with van der Waals surface area (Å²) in [5, 5.41) is 8.73. The van der Waals surface area contributed by atoms with Crippen LogP contribution in [-0.4, -0.2) is 34.5 Å². The van der Waals surface area contributed by atoms with Gasteiger partial charge in [-0.3, -0.25) is 4.98 Å². The Morgan fingerprint density at radius 2 is 0.820 bits per heavy atom. The zero-order valence-electron chi connectivity index (χ0n) is 80.4. The van der Waals surface area contributed by atoms with E-state index in [2.05, 4.69) is 401 Å². The van der Waals surface area contributed by atoms with Gasteiger partial charge in [0.05, 0.1) is 17.4 Å². The summed E-state index contributed by atoms with van der Waals surface area (Å²) >= 11 is 1.93. The zero-order chi connectivity index (χ0) is 89.7. The topological polar surface area (TPSA) is 120 Å². The van der Waals surface area contributed by atoms with E-state index < -0.39 is 0 Å². The summed E-state index contributed by atoms with van der Waals surface area (Å²) in [6.45, 7) is 70.1. The molecule has 9 nitrogen and oxygen atoms in total. The number of benzene rings is 7. The Hall–Kier alpha value is -9.71. The highest BCUT2D eigenvalue weighted by Gasteiger charge is 2.19. The van der Waals surface area contributed by atoms with Crippen LogP contribution in [0.3, 0.4) is 0 Å². The minimum absolute atomic E-state index is 0.0903. The number of rotatable bonds is 16. The van der Waals surface area contributed by atoms with E-state index in [0.29, 0.717) is 94.5 Å². The van der Waals surface area contributed by atoms with Gasteiger partial charge >= 0.3 is 0 Å². The lowest BCUT2D eigenvalue weighted by Gasteiger charge is -2.07. The molecule has 16 aromatic rings. The van der Waals surface area contributed by atoms with Gasteiger partial charge in [0, 0.05) is 106 Å². The average Bonchev–Trinajstić information content (AvgIpc) is 1.66. The molecule has 0 atom stereocenters. The predicted octanol–water partition coefficient (Wildman–Crippen LogP) is 35.5. The van der Waals surface area contributed by atoms with Crippen molar-refractivity contribution in [1.82, 2.24) is 34.5 Å². The molecule has 0 fully saturated rings. The van der Waals surface area contributed by atoms with E-state index in [1.807, 2.05) is 49.6 Å². The first kappa shape index (κ1) is 96.1. The van der Waals surface area contributed by atoms with Gasteiger partial charge in [0.15, 0.2) is 17.3 Å². The lowest BCUT2D eigenvalue weighted by Crippen LogP contribution is -1.97. The normalized spacial score (nSPS) is 11.9. The Bertz CT molecular complexity index is 5440. The SMILES string of the molecule is CC(C)c1cc2cc(C(C)C)[nH]c2cn1.CC(C)c1ccc2[nH]c(C(C)C)c(F)c2c1.CC(C)c1ccc2[nH]c(C(C)C)cc2c1.CC(C)c1ccc2[nH]cc(C(C)C)c2c1.CC(C)c1ccc2c(c1)cc(C(C)C)n2C.CC(C)c1ccc2oc(C(C)C)cc2c1.CC(C)c1ccc2oc(C(C)C)nc2c1.CC(C)c1ccc2sc(C(C)C)cc2c1. The number of hydrogen-bond donors (Lipinski definition) is 4. The van der Waals surface area contributed by atoms with Gasteiger partial charge in [-0.1, -0.05) is 270 Å². The Balaban J connectivity index is 0.000000158. The molecular weight excluding hydrogens is 1510 g/mol. The molecule has 11 heteroatoms. The second kappa shape index (κ2) is 42.6. The molecule has 0 aliphatic rings. The third kappa shape index (κ3) is 24.6. The van der Waals surface area contributed by atoms with Crippen LogP contribution in [0.2, 0.25) is 0 Å². The largest absolute Gasteiger partial charge is 0.461 e. The molecule has 9 heterocycles. The molecule has 122 heavy (non-hydrogen) atoms. The van der Waals surface area contributed by atoms with Gasteiger partial charge < -0.3 is 33.3 Å². The number of pyridine rings is 1. The van der Waals surface area contributed by atoms with Crippen LogP contribution in [0.5, 0.6) is 0 Å². The lowest BCUT2D eigenvalue weighted by molar-refractivity contribution is 0.501. The predicted molar refractivity (Wildman–Crippen MR) is 531 cm³/mol. The third-order valence-corrected chi connectivity index (χ3v) is 24.7. The van der Waals surface area contributed by atoms with Crippen molar-refractivity contribution in [3.8, 4) is 0 Å². The molecule has 0 unspecified atom stereocenters. The highest BCUT2D eigenvalue weighted by Crippen LogP contribution is 2.37. The standard InChI is InChI=1S/C15H21N.C14H18FN.2C14H19N.C14H18O.C14H18S.C13H18N2.C13H17NO/c1-10(2)12-6-7-14-13(8-12)9-15(11(3)4)16(14)5;1-8(2)10-5-6-12-11(7-10)13(15)14(16-12)9(3)4;1-9(2)11-5-6-14-12(7-11)13(8-15-14)10(3)4;3*1-9(2)11-5-6-13-12(7-11)8-14(15-13)10(3)4;1-8(2)11-5-10-6-12(9(3)4)15-13(10)7-14-11;1-8(2)10-5-6-12-11(7-10)14-13(15-12)9(3)4/h6-11H,1-5H3;5-9,16H,1-4H3;2*5-10,15H,1-4H3;2*5-10H,1-4H3;5-9,15H,1-4H3;5-9H,1-4H3. The monoisotopic (exact) mass is 1660 g/mol. The molecule has 9 aromatic heterocycles. The summed E-state index contributed by atoms with van der Waals surface area (Å²) in [5.74, 6) is 10.2. The number of nitrogens with one attached hydrogen (secondary N) is 4. The van der Waals surface area contributed by atoms with Gasteiger partial charge in [-0.05, 0) is 253 Å². The number of furan rings is 1. The number of hydrogen-bond acceptors (Lipinski definition) is 5. The van der Waals surface area contributed by atoms with E-state index in [1.165, 1.54) is 120 Å². The van der Waals surface area contributed by atoms with Crippen LogP contribution in [0.4, 0.5) is 4.39 Å². The molecule has 16 rings (SSSR count). The van der Waals surface area contributed by atoms with Crippen molar-refractivity contribution in [3.05, 3.63) is 272 Å². The van der Waals surface area contributed by atoms with E-state index in [4.69, 9.17) is 8.83 Å². The Morgan fingerprint density at radius 3 is 1.34 bits per heavy atom. The van der Waals surface area contributed by atoms with Crippen LogP contribution in [0, 0.1) is 5.82 Å². The van der Waals surface area contributed by atoms with Gasteiger partial charge in [-0.15, -0.1) is 11.3 Å². The molecule has 0 spiro atoms. The van der Waals surface area contributed by atoms with Gasteiger partial charge in [0.2, 0.25) is 0 Å². The maximum absolute atomic E-state index is 14.1. The quantitative estimate of drug-likeness (QED) is 0.0770. The smallest absolute Gasteiger partial charge is 0.198 e. The highest BCUT2D eigenvalue weighted by molar-refractivity contribution is 7.19. The van der Waals surface area contributed by atoms with Crippen LogP contribution in [0.25, 0.3) is 86.7 Å². The molecule has 0 saturated carbocycles. The molecule has 0 radical (unpaired) electrons. The van der Waals surface area contributed by atoms with Crippen molar-refractivity contribution >= 4 is 98.0 Å². The van der Waals surface area contributed by atoms with Crippen LogP contribution in [0.15, 0.2) is 185 Å². The Kier molecular flexibility index (Phi) is 33.6. The number of aryl methyl sites for hydroxylation is 1. The maximum Gasteiger partial charge on any atom is 0.198 e. The maximum atomic E-state index is 14.1. The lowest BCUT2D eigenvalue weighted by atomic mass is 9.97. The van der Waals surface area contributed by atoms with Crippen molar-refractivity contribution in [2.45, 2.75) is 316 Å². The van der Waals surface area contributed by atoms with Crippen LogP contribution >= 0.6 is 11.3 Å². The van der Waals surface area contributed by atoms with Crippen molar-refractivity contribution < 1.29 is 13.2 Å². The van der Waals surface area contributed by atoms with Gasteiger partial charge in [0.25, 0.3) is 0 Å². The summed E-state index contributed by atoms with van der Waals surface area (Å²) in [6, 6.07) is 59.3. The number of halogens is 1. The fraction of sp³-hybridized carbons (Fsp3) is 0.441. The Morgan fingerprint density at radius 1 is 0.344 bits per heavy atom. The fourth-order valence-corrected chi connectivity index (χ4v) is 15.9. The molecule has 652 valence electrons. The summed E-state index contributed by atoms with van der Waals surface area (Å²) in [5.41, 5.74) is 25.6. The van der Waals surface area contributed by atoms with Crippen molar-refractivity contribution in [3.63, 3.8) is 0 Å². The third-order valence-electron chi connectivity index (χ3n) is 23.3. The molecule has 0 aliphatic heterocycles.